The molecular formula is C17H19N3O. The third-order valence-corrected chi connectivity index (χ3v) is 3.06. The number of nitrogens with zero attached hydrogens (tertiary/aromatic N) is 2. The van der Waals surface area contributed by atoms with E-state index in [-0.39, 0.29) is 5.91 Å². The molecule has 2 rings (SSSR count). The lowest BCUT2D eigenvalue weighted by atomic mass is 10.1. The van der Waals surface area contributed by atoms with Crippen LogP contribution in [-0.4, -0.2) is 16.6 Å². The van der Waals surface area contributed by atoms with Gasteiger partial charge in [-0.3, -0.25) is 9.78 Å². The van der Waals surface area contributed by atoms with Gasteiger partial charge in [-0.05, 0) is 30.5 Å². The first kappa shape index (κ1) is 14.9. The first-order valence-corrected chi connectivity index (χ1v) is 7.14. The first-order valence-electron chi connectivity index (χ1n) is 7.14. The van der Waals surface area contributed by atoms with Crippen LogP contribution in [0, 0.1) is 0 Å². The van der Waals surface area contributed by atoms with Gasteiger partial charge < -0.3 is 0 Å². The van der Waals surface area contributed by atoms with E-state index in [2.05, 4.69) is 22.4 Å². The molecule has 0 aliphatic carbocycles. The lowest BCUT2D eigenvalue weighted by Crippen LogP contribution is -2.21. The number of amides is 1. The Morgan fingerprint density at radius 1 is 1.14 bits per heavy atom. The third-order valence-electron chi connectivity index (χ3n) is 3.06. The predicted molar refractivity (Wildman–Crippen MR) is 84.2 cm³/mol. The number of nitrogens with one attached hydrogen (secondary N) is 1. The Kier molecular flexibility index (Phi) is 5.64. The molecular weight excluding hydrogens is 262 g/mol. The number of carbonyl (C=O) groups excluding carboxylic acids is 1. The van der Waals surface area contributed by atoms with Gasteiger partial charge in [-0.1, -0.05) is 49.7 Å². The first-order chi connectivity index (χ1) is 10.3. The maximum Gasteiger partial charge on any atom is 0.289 e. The fourth-order valence-electron chi connectivity index (χ4n) is 1.91. The number of hydrogen-bond acceptors (Lipinski definition) is 3. The Labute approximate surface area is 124 Å². The molecule has 0 atom stereocenters. The minimum absolute atomic E-state index is 0.291. The fourth-order valence-corrected chi connectivity index (χ4v) is 1.91. The van der Waals surface area contributed by atoms with Crippen molar-refractivity contribution in [3.63, 3.8) is 0 Å². The van der Waals surface area contributed by atoms with Crippen LogP contribution in [0.15, 0.2) is 59.8 Å². The number of hydrogen-bond donors (Lipinski definition) is 1. The van der Waals surface area contributed by atoms with Gasteiger partial charge in [0, 0.05) is 6.20 Å². The number of carbonyl (C=O) groups is 1. The van der Waals surface area contributed by atoms with Crippen molar-refractivity contribution >= 4 is 11.6 Å². The van der Waals surface area contributed by atoms with Crippen molar-refractivity contribution in [1.29, 1.82) is 0 Å². The number of unbranched alkanes of at least 4 members (excludes halogenated alkanes) is 1. The summed E-state index contributed by atoms with van der Waals surface area (Å²) in [5, 5.41) is 4.28. The van der Waals surface area contributed by atoms with Gasteiger partial charge in [-0.25, -0.2) is 5.43 Å². The SMILES string of the molecule is CCCC/C(=N/NC(=O)c1ccccn1)c1ccccc1. The Hall–Kier alpha value is -2.49. The summed E-state index contributed by atoms with van der Waals surface area (Å²) in [4.78, 5) is 16.0. The zero-order chi connectivity index (χ0) is 14.9. The second-order valence-electron chi connectivity index (χ2n) is 4.68. The van der Waals surface area contributed by atoms with Gasteiger partial charge in [0.25, 0.3) is 5.91 Å². The van der Waals surface area contributed by atoms with Crippen molar-refractivity contribution in [1.82, 2.24) is 10.4 Å². The van der Waals surface area contributed by atoms with Crippen molar-refractivity contribution in [3.8, 4) is 0 Å². The lowest BCUT2D eigenvalue weighted by Gasteiger charge is -2.07. The van der Waals surface area contributed by atoms with E-state index in [1.807, 2.05) is 30.3 Å². The molecule has 1 aromatic heterocycles. The molecule has 4 heteroatoms. The summed E-state index contributed by atoms with van der Waals surface area (Å²) in [6.45, 7) is 2.13. The van der Waals surface area contributed by atoms with E-state index >= 15 is 0 Å². The number of rotatable bonds is 6. The smallest absolute Gasteiger partial charge is 0.266 e. The highest BCUT2D eigenvalue weighted by molar-refractivity contribution is 6.01. The molecule has 1 aromatic carbocycles. The molecule has 0 aliphatic rings. The van der Waals surface area contributed by atoms with E-state index in [0.29, 0.717) is 5.69 Å². The fraction of sp³-hybridized carbons (Fsp3) is 0.235. The Morgan fingerprint density at radius 3 is 2.57 bits per heavy atom. The summed E-state index contributed by atoms with van der Waals surface area (Å²) >= 11 is 0. The van der Waals surface area contributed by atoms with Gasteiger partial charge in [-0.15, -0.1) is 0 Å². The summed E-state index contributed by atoms with van der Waals surface area (Å²) < 4.78 is 0. The van der Waals surface area contributed by atoms with Gasteiger partial charge >= 0.3 is 0 Å². The lowest BCUT2D eigenvalue weighted by molar-refractivity contribution is 0.0950. The minimum Gasteiger partial charge on any atom is -0.266 e. The van der Waals surface area contributed by atoms with Crippen molar-refractivity contribution in [2.45, 2.75) is 26.2 Å². The summed E-state index contributed by atoms with van der Waals surface area (Å²) in [7, 11) is 0. The topological polar surface area (TPSA) is 54.4 Å². The van der Waals surface area contributed by atoms with Crippen LogP contribution in [0.1, 0.15) is 42.2 Å². The minimum atomic E-state index is -0.291. The molecule has 0 aliphatic heterocycles. The van der Waals surface area contributed by atoms with E-state index in [1.165, 1.54) is 0 Å². The molecule has 1 N–H and O–H groups in total. The van der Waals surface area contributed by atoms with E-state index in [9.17, 15) is 4.79 Å². The van der Waals surface area contributed by atoms with Crippen LogP contribution >= 0.6 is 0 Å². The summed E-state index contributed by atoms with van der Waals surface area (Å²) in [6.07, 6.45) is 4.55. The standard InChI is InChI=1S/C17H19N3O/c1-2-3-11-15(14-9-5-4-6-10-14)19-20-17(21)16-12-7-8-13-18-16/h4-10,12-13H,2-3,11H2,1H3,(H,20,21)/b19-15-. The van der Waals surface area contributed by atoms with Crippen molar-refractivity contribution in [2.75, 3.05) is 0 Å². The van der Waals surface area contributed by atoms with Crippen LogP contribution in [0.2, 0.25) is 0 Å². The van der Waals surface area contributed by atoms with Gasteiger partial charge in [0.05, 0.1) is 5.71 Å². The molecule has 0 fully saturated rings. The zero-order valence-corrected chi connectivity index (χ0v) is 12.1. The molecule has 0 bridgehead atoms. The van der Waals surface area contributed by atoms with Gasteiger partial charge in [0.2, 0.25) is 0 Å². The molecule has 0 unspecified atom stereocenters. The summed E-state index contributed by atoms with van der Waals surface area (Å²) in [6, 6.07) is 15.1. The van der Waals surface area contributed by atoms with Crippen molar-refractivity contribution < 1.29 is 4.79 Å². The maximum atomic E-state index is 12.0. The average molecular weight is 281 g/mol. The monoisotopic (exact) mass is 281 g/mol. The van der Waals surface area contributed by atoms with Gasteiger partial charge in [0.15, 0.2) is 0 Å². The highest BCUT2D eigenvalue weighted by Gasteiger charge is 2.07. The zero-order valence-electron chi connectivity index (χ0n) is 12.1. The van der Waals surface area contributed by atoms with Crippen LogP contribution in [0.4, 0.5) is 0 Å². The second kappa shape index (κ2) is 7.94. The normalized spacial score (nSPS) is 11.2. The number of benzene rings is 1. The van der Waals surface area contributed by atoms with Crippen LogP contribution in [-0.2, 0) is 0 Å². The highest BCUT2D eigenvalue weighted by Crippen LogP contribution is 2.08. The Morgan fingerprint density at radius 2 is 1.90 bits per heavy atom. The third kappa shape index (κ3) is 4.53. The second-order valence-corrected chi connectivity index (χ2v) is 4.68. The molecule has 2 aromatic rings. The van der Waals surface area contributed by atoms with E-state index in [1.54, 1.807) is 24.4 Å². The molecule has 0 saturated carbocycles. The number of hydrazone groups is 1. The van der Waals surface area contributed by atoms with Crippen molar-refractivity contribution in [2.24, 2.45) is 5.10 Å². The average Bonchev–Trinajstić information content (AvgIpc) is 2.56. The van der Waals surface area contributed by atoms with E-state index < -0.39 is 0 Å². The van der Waals surface area contributed by atoms with Crippen LogP contribution in [0.25, 0.3) is 0 Å². The molecule has 108 valence electrons. The van der Waals surface area contributed by atoms with Gasteiger partial charge in [0.1, 0.15) is 5.69 Å². The summed E-state index contributed by atoms with van der Waals surface area (Å²) in [5.41, 5.74) is 4.88. The number of pyridine rings is 1. The molecule has 0 radical (unpaired) electrons. The summed E-state index contributed by atoms with van der Waals surface area (Å²) in [5.74, 6) is -0.291. The van der Waals surface area contributed by atoms with Crippen LogP contribution in [0.3, 0.4) is 0 Å². The molecule has 0 saturated heterocycles. The molecule has 21 heavy (non-hydrogen) atoms. The molecule has 0 spiro atoms. The quantitative estimate of drug-likeness (QED) is 0.651. The Balaban J connectivity index is 2.11. The van der Waals surface area contributed by atoms with E-state index in [0.717, 1.165) is 30.5 Å². The molecule has 1 heterocycles. The highest BCUT2D eigenvalue weighted by atomic mass is 16.2. The molecule has 4 nitrogen and oxygen atoms in total. The van der Waals surface area contributed by atoms with Crippen LogP contribution < -0.4 is 5.43 Å². The molecule has 1 amide bonds. The van der Waals surface area contributed by atoms with Crippen LogP contribution in [0.5, 0.6) is 0 Å². The van der Waals surface area contributed by atoms with Crippen molar-refractivity contribution in [3.05, 3.63) is 66.0 Å². The maximum absolute atomic E-state index is 12.0. The van der Waals surface area contributed by atoms with E-state index in [4.69, 9.17) is 0 Å². The largest absolute Gasteiger partial charge is 0.289 e. The van der Waals surface area contributed by atoms with Gasteiger partial charge in [-0.2, -0.15) is 5.10 Å². The predicted octanol–water partition coefficient (Wildman–Crippen LogP) is 3.41. The number of aromatic nitrogens is 1. The Bertz CT molecular complexity index is 594.